The van der Waals surface area contributed by atoms with Gasteiger partial charge in [0, 0.05) is 16.5 Å². The first-order chi connectivity index (χ1) is 15.0. The molecule has 2 saturated heterocycles. The predicted octanol–water partition coefficient (Wildman–Crippen LogP) is 1.04. The minimum atomic E-state index is -2.94. The Morgan fingerprint density at radius 3 is 2.45 bits per heavy atom. The van der Waals surface area contributed by atoms with Crippen molar-refractivity contribution in [1.82, 2.24) is 4.90 Å². The lowest BCUT2D eigenvalue weighted by Crippen LogP contribution is -3.18. The zero-order valence-corrected chi connectivity index (χ0v) is 19.4. The van der Waals surface area contributed by atoms with Gasteiger partial charge in [0.1, 0.15) is 0 Å². The maximum atomic E-state index is 12.9. The molecule has 3 heterocycles. The zero-order valence-electron chi connectivity index (χ0n) is 17.8. The van der Waals surface area contributed by atoms with E-state index in [2.05, 4.69) is 10.3 Å². The third-order valence-corrected chi connectivity index (χ3v) is 10.2. The number of nitrogens with one attached hydrogen (secondary N) is 2. The van der Waals surface area contributed by atoms with Crippen molar-refractivity contribution in [2.24, 2.45) is 4.99 Å². The highest BCUT2D eigenvalue weighted by molar-refractivity contribution is 8.15. The molecule has 1 saturated carbocycles. The molecule has 1 aliphatic carbocycles. The number of fused-ring (bicyclic) bond motifs is 1. The second-order valence-corrected chi connectivity index (χ2v) is 12.6. The number of aliphatic imine (C=N–C) groups is 1. The molecule has 0 bridgehead atoms. The van der Waals surface area contributed by atoms with Gasteiger partial charge in [0.05, 0.1) is 49.8 Å². The molecule has 1 aromatic carbocycles. The standard InChI is InChI=1S/C22H30N4O3S2/c27-21(26-12-10-25(11-13-26)18-4-2-1-3-5-18)16-6-8-17(9-7-16)23-22-24-19-14-31(28,29)15-20(19)30-22/h6-9,18-20H,1-5,10-15H2,(H,23,24)/p+1. The highest BCUT2D eigenvalue weighted by atomic mass is 32.2. The summed E-state index contributed by atoms with van der Waals surface area (Å²) >= 11 is 1.51. The molecule has 3 aliphatic heterocycles. The molecule has 2 N–H and O–H groups in total. The maximum absolute atomic E-state index is 12.9. The Hall–Kier alpha value is -1.58. The van der Waals surface area contributed by atoms with Crippen molar-refractivity contribution in [2.75, 3.05) is 43.0 Å². The molecule has 4 aliphatic rings. The number of rotatable bonds is 3. The number of hydrogen-bond acceptors (Lipinski definition) is 6. The van der Waals surface area contributed by atoms with Crippen LogP contribution >= 0.6 is 11.8 Å². The number of sulfone groups is 1. The summed E-state index contributed by atoms with van der Waals surface area (Å²) in [6.45, 7) is 3.80. The lowest BCUT2D eigenvalue weighted by atomic mass is 9.94. The van der Waals surface area contributed by atoms with Crippen molar-refractivity contribution >= 4 is 38.4 Å². The summed E-state index contributed by atoms with van der Waals surface area (Å²) in [6.07, 6.45) is 6.80. The Labute approximate surface area is 188 Å². The predicted molar refractivity (Wildman–Crippen MR) is 125 cm³/mol. The van der Waals surface area contributed by atoms with Gasteiger partial charge in [-0.05, 0) is 49.9 Å². The van der Waals surface area contributed by atoms with Crippen LogP contribution in [0.25, 0.3) is 0 Å². The summed E-state index contributed by atoms with van der Waals surface area (Å²) in [5.74, 6) is 0.473. The smallest absolute Gasteiger partial charge is 0.254 e. The van der Waals surface area contributed by atoms with Gasteiger partial charge in [-0.3, -0.25) is 9.79 Å². The molecule has 168 valence electrons. The molecule has 2 unspecified atom stereocenters. The molecule has 1 amide bonds. The topological polar surface area (TPSA) is 83.3 Å². The van der Waals surface area contributed by atoms with Crippen LogP contribution in [0.5, 0.6) is 0 Å². The molecule has 2 atom stereocenters. The van der Waals surface area contributed by atoms with Gasteiger partial charge in [0.25, 0.3) is 5.91 Å². The highest BCUT2D eigenvalue weighted by Crippen LogP contribution is 2.34. The van der Waals surface area contributed by atoms with E-state index in [1.54, 1.807) is 4.90 Å². The van der Waals surface area contributed by atoms with Crippen LogP contribution in [-0.4, -0.2) is 79.4 Å². The molecule has 7 nitrogen and oxygen atoms in total. The van der Waals surface area contributed by atoms with Crippen LogP contribution in [-0.2, 0) is 9.84 Å². The van der Waals surface area contributed by atoms with Gasteiger partial charge in [-0.1, -0.05) is 18.2 Å². The number of amides is 1. The van der Waals surface area contributed by atoms with Crippen molar-refractivity contribution in [3.05, 3.63) is 29.8 Å². The van der Waals surface area contributed by atoms with Crippen LogP contribution in [0.1, 0.15) is 42.5 Å². The van der Waals surface area contributed by atoms with Gasteiger partial charge in [-0.25, -0.2) is 8.42 Å². The zero-order chi connectivity index (χ0) is 21.4. The molecule has 0 radical (unpaired) electrons. The minimum absolute atomic E-state index is 0.0303. The van der Waals surface area contributed by atoms with E-state index in [0.717, 1.165) is 48.6 Å². The van der Waals surface area contributed by atoms with Crippen molar-refractivity contribution in [3.8, 4) is 0 Å². The molecule has 5 rings (SSSR count). The molecule has 0 aromatic heterocycles. The SMILES string of the molecule is O=C(c1ccc(NC2=NC3CS(=O)(=O)CC3S2)cc1)N1CC[NH+](C2CCCCC2)CC1. The van der Waals surface area contributed by atoms with Crippen molar-refractivity contribution in [2.45, 2.75) is 49.4 Å². The van der Waals surface area contributed by atoms with Crippen molar-refractivity contribution < 1.29 is 18.1 Å². The molecule has 3 fully saturated rings. The Morgan fingerprint density at radius 2 is 1.77 bits per heavy atom. The fraction of sp³-hybridized carbons (Fsp3) is 0.636. The van der Waals surface area contributed by atoms with Gasteiger partial charge >= 0.3 is 0 Å². The fourth-order valence-corrected chi connectivity index (χ4v) is 9.01. The monoisotopic (exact) mass is 463 g/mol. The number of anilines is 1. The first-order valence-corrected chi connectivity index (χ1v) is 14.1. The Kier molecular flexibility index (Phi) is 6.00. The Bertz CT molecular complexity index is 949. The van der Waals surface area contributed by atoms with Gasteiger partial charge in [0.15, 0.2) is 15.0 Å². The van der Waals surface area contributed by atoms with Crippen molar-refractivity contribution in [3.63, 3.8) is 0 Å². The Morgan fingerprint density at radius 1 is 1.06 bits per heavy atom. The Balaban J connectivity index is 1.14. The summed E-state index contributed by atoms with van der Waals surface area (Å²) in [5, 5.41) is 4.07. The summed E-state index contributed by atoms with van der Waals surface area (Å²) in [5.41, 5.74) is 1.59. The average molecular weight is 464 g/mol. The fourth-order valence-electron chi connectivity index (χ4n) is 5.33. The molecule has 1 aromatic rings. The number of amidine groups is 1. The third-order valence-electron chi connectivity index (χ3n) is 7.08. The average Bonchev–Trinajstić information content (AvgIpc) is 3.27. The molecular formula is C22H31N4O3S2+. The van der Waals surface area contributed by atoms with E-state index in [1.165, 1.54) is 43.9 Å². The molecular weight excluding hydrogens is 432 g/mol. The molecule has 31 heavy (non-hydrogen) atoms. The maximum Gasteiger partial charge on any atom is 0.254 e. The summed E-state index contributed by atoms with van der Waals surface area (Å²) in [6, 6.07) is 8.22. The highest BCUT2D eigenvalue weighted by Gasteiger charge is 2.42. The van der Waals surface area contributed by atoms with E-state index in [-0.39, 0.29) is 28.7 Å². The van der Waals surface area contributed by atoms with E-state index in [4.69, 9.17) is 0 Å². The minimum Gasteiger partial charge on any atom is -0.335 e. The number of piperazine rings is 1. The molecule has 9 heteroatoms. The lowest BCUT2D eigenvalue weighted by molar-refractivity contribution is -0.930. The third kappa shape index (κ3) is 4.78. The summed E-state index contributed by atoms with van der Waals surface area (Å²) in [7, 11) is -2.94. The van der Waals surface area contributed by atoms with Crippen LogP contribution in [0.3, 0.4) is 0 Å². The lowest BCUT2D eigenvalue weighted by Gasteiger charge is -2.38. The van der Waals surface area contributed by atoms with E-state index in [0.29, 0.717) is 0 Å². The van der Waals surface area contributed by atoms with Crippen LogP contribution in [0.4, 0.5) is 5.69 Å². The van der Waals surface area contributed by atoms with Crippen LogP contribution in [0, 0.1) is 0 Å². The second-order valence-electron chi connectivity index (χ2n) is 9.22. The van der Waals surface area contributed by atoms with Crippen molar-refractivity contribution in [1.29, 1.82) is 0 Å². The number of carbonyl (C=O) groups excluding carboxylic acids is 1. The number of quaternary nitrogens is 1. The number of benzene rings is 1. The number of carbonyl (C=O) groups is 1. The van der Waals surface area contributed by atoms with E-state index in [9.17, 15) is 13.2 Å². The number of thioether (sulfide) groups is 1. The van der Waals surface area contributed by atoms with Crippen LogP contribution in [0.2, 0.25) is 0 Å². The molecule has 0 spiro atoms. The normalized spacial score (nSPS) is 28.9. The quantitative estimate of drug-likeness (QED) is 0.700. The summed E-state index contributed by atoms with van der Waals surface area (Å²) < 4.78 is 23.4. The first kappa shape index (κ1) is 21.3. The van der Waals surface area contributed by atoms with E-state index in [1.807, 2.05) is 29.2 Å². The van der Waals surface area contributed by atoms with Gasteiger partial charge in [-0.15, -0.1) is 0 Å². The van der Waals surface area contributed by atoms with Gasteiger partial charge in [0.2, 0.25) is 0 Å². The van der Waals surface area contributed by atoms with E-state index < -0.39 is 9.84 Å². The van der Waals surface area contributed by atoms with Gasteiger partial charge in [-0.2, -0.15) is 0 Å². The van der Waals surface area contributed by atoms with E-state index >= 15 is 0 Å². The summed E-state index contributed by atoms with van der Waals surface area (Å²) in [4.78, 5) is 21.2. The number of hydrogen-bond donors (Lipinski definition) is 2. The largest absolute Gasteiger partial charge is 0.335 e. The second kappa shape index (κ2) is 8.75. The van der Waals surface area contributed by atoms with Crippen LogP contribution < -0.4 is 10.2 Å². The van der Waals surface area contributed by atoms with Gasteiger partial charge < -0.3 is 15.1 Å². The number of nitrogens with zero attached hydrogens (tertiary/aromatic N) is 2. The first-order valence-electron chi connectivity index (χ1n) is 11.4. The van der Waals surface area contributed by atoms with Crippen LogP contribution in [0.15, 0.2) is 29.3 Å².